The van der Waals surface area contributed by atoms with Gasteiger partial charge >= 0.3 is 65.1 Å². The Morgan fingerprint density at radius 1 is 0.701 bits per heavy atom. The predicted molar refractivity (Wildman–Crippen MR) is 252 cm³/mol. The van der Waals surface area contributed by atoms with Crippen molar-refractivity contribution in [3.05, 3.63) is 96.1 Å². The fourth-order valence-corrected chi connectivity index (χ4v) is 9.11. The van der Waals surface area contributed by atoms with Gasteiger partial charge in [0.2, 0.25) is 9.84 Å². The number of aromatic carboxylic acids is 1. The maximum absolute atomic E-state index is 14.2. The topological polar surface area (TPSA) is 242 Å². The van der Waals surface area contributed by atoms with Gasteiger partial charge in [-0.15, -0.1) is 0 Å². The quantitative estimate of drug-likeness (QED) is 0.0151. The number of anilines is 2. The fraction of sp³-hybridized carbons (Fsp3) is 0.417. The predicted octanol–water partition coefficient (Wildman–Crippen LogP) is 3.90. The number of unbranched alkanes of at least 4 members (excludes halogenated alkanes) is 14. The second-order valence-electron chi connectivity index (χ2n) is 15.7. The van der Waals surface area contributed by atoms with Gasteiger partial charge in [-0.2, -0.15) is 18.6 Å². The van der Waals surface area contributed by atoms with Crippen molar-refractivity contribution in [3.8, 4) is 11.5 Å². The molecule has 0 amide bonds. The Balaban J connectivity index is 0.00000771. The van der Waals surface area contributed by atoms with Crippen LogP contribution in [0.15, 0.2) is 115 Å². The monoisotopic (exact) mass is 977 g/mol. The number of aliphatic imine (C=N–C) groups is 1. The number of carboxylic acids is 1. The number of hydrogen-bond donors (Lipinski definition) is 4. The van der Waals surface area contributed by atoms with E-state index >= 15 is 0 Å². The van der Waals surface area contributed by atoms with Crippen LogP contribution in [-0.2, 0) is 20.0 Å². The Morgan fingerprint density at radius 2 is 1.30 bits per heavy atom. The summed E-state index contributed by atoms with van der Waals surface area (Å²) in [6, 6.07) is 18.9. The molecule has 0 spiro atoms. The molecule has 0 aliphatic carbocycles. The summed E-state index contributed by atoms with van der Waals surface area (Å²) in [4.78, 5) is 14.6. The number of rotatable bonds is 29. The molecule has 352 valence electrons. The van der Waals surface area contributed by atoms with Crippen molar-refractivity contribution in [3.63, 3.8) is 0 Å². The van der Waals surface area contributed by atoms with Crippen LogP contribution in [0.5, 0.6) is 11.5 Å². The molecule has 0 radical (unpaired) electrons. The van der Waals surface area contributed by atoms with Crippen LogP contribution in [-0.4, -0.2) is 56.4 Å². The molecule has 0 fully saturated rings. The van der Waals surface area contributed by atoms with Crippen LogP contribution in [0.3, 0.4) is 0 Å². The molecule has 0 aliphatic heterocycles. The van der Waals surface area contributed by atoms with Gasteiger partial charge in [0.05, 0.1) is 50.4 Å². The van der Waals surface area contributed by atoms with E-state index in [1.165, 1.54) is 88.5 Å². The van der Waals surface area contributed by atoms with Crippen LogP contribution in [0, 0.1) is 0 Å². The van der Waals surface area contributed by atoms with Gasteiger partial charge in [0.15, 0.2) is 0 Å². The van der Waals surface area contributed by atoms with E-state index in [0.29, 0.717) is 17.8 Å². The van der Waals surface area contributed by atoms with Gasteiger partial charge < -0.3 is 20.1 Å². The third-order valence-corrected chi connectivity index (χ3v) is 13.3. The smallest absolute Gasteiger partial charge is 0.872 e. The summed E-state index contributed by atoms with van der Waals surface area (Å²) in [7, 11) is -9.21. The van der Waals surface area contributed by atoms with Gasteiger partial charge in [-0.3, -0.25) is 20.4 Å². The molecule has 19 heteroatoms. The van der Waals surface area contributed by atoms with Crippen LogP contribution >= 0.6 is 0 Å². The third kappa shape index (κ3) is 19.6. The summed E-state index contributed by atoms with van der Waals surface area (Å²) in [6.07, 6.45) is 18.3. The molecule has 4 rings (SSSR count). The van der Waals surface area contributed by atoms with Gasteiger partial charge in [0.1, 0.15) is 10.6 Å². The van der Waals surface area contributed by atoms with E-state index in [9.17, 15) is 41.5 Å². The number of benzene rings is 4. The van der Waals surface area contributed by atoms with E-state index in [-0.39, 0.29) is 94.1 Å². The number of sulfone groups is 1. The average Bonchev–Trinajstić information content (AvgIpc) is 3.28. The number of nitrogens with zero attached hydrogens (tertiary/aromatic N) is 3. The molecule has 0 saturated heterocycles. The van der Waals surface area contributed by atoms with Crippen LogP contribution < -0.4 is 84.9 Å². The van der Waals surface area contributed by atoms with Crippen molar-refractivity contribution in [2.45, 2.75) is 138 Å². The number of carbonyl (C=O) groups is 1. The summed E-state index contributed by atoms with van der Waals surface area (Å²) in [5, 5.41) is 43.9. The Labute approximate surface area is 440 Å². The van der Waals surface area contributed by atoms with E-state index < -0.39 is 57.8 Å². The maximum Gasteiger partial charge on any atom is 1.00 e. The van der Waals surface area contributed by atoms with E-state index in [4.69, 9.17) is 4.74 Å². The van der Waals surface area contributed by atoms with Crippen molar-refractivity contribution in [2.75, 3.05) is 17.5 Å². The molecule has 15 nitrogen and oxygen atoms in total. The van der Waals surface area contributed by atoms with Crippen molar-refractivity contribution in [2.24, 2.45) is 15.2 Å². The van der Waals surface area contributed by atoms with E-state index in [0.717, 1.165) is 56.4 Å². The number of nitrogens with one attached hydrogen (secondary N) is 2. The molecule has 0 unspecified atom stereocenters. The standard InChI is InChI=1S/C48H63N5O10S2.2Na/c1-4-6-7-8-9-10-11-12-13-14-15-16-17-18-22-25-41(52-51-38-27-31-44(63-5-2)46(33-38)65(60,61)62)35(3)50-53-42-29-26-37(49-47(55)36-23-20-19-21-24-36)32-45(42)64(58,59)39-28-30-43(54)40(34-39)48(56)57;;/h19-21,23-24,26-34,51,53-54H,4-18,22,25H2,1-3H3,(H,49,55)(H,56,57)(H,60,61,62);;/q;2*+1/p-2/b50-35+,52-41+;;. The normalized spacial score (nSPS) is 12.2. The number of hydrogen-bond acceptors (Lipinski definition) is 13. The molecule has 4 N–H and O–H groups in total. The minimum absolute atomic E-state index is 0. The van der Waals surface area contributed by atoms with Crippen LogP contribution in [0.1, 0.15) is 139 Å². The first kappa shape index (κ1) is 59.3. The van der Waals surface area contributed by atoms with Gasteiger partial charge in [0.25, 0.3) is 10.1 Å². The Hall–Kier alpha value is -3.78. The molecule has 67 heavy (non-hydrogen) atoms. The molecule has 4 aromatic rings. The SMILES string of the molecule is CCCCCCCCCCCCCCCCCC(=N\Nc1ccc(OCC)c(S(=O)(=O)O)c1)/C(C)=N/Nc1ccc(N=C([O-])c2ccccc2)cc1S(=O)(=O)c1ccc([O-])c(C(=O)O)c1.[Na+].[Na+]. The molecule has 0 aromatic heterocycles. The Bertz CT molecular complexity index is 2510. The zero-order chi connectivity index (χ0) is 47.2. The minimum atomic E-state index is -4.65. The van der Waals surface area contributed by atoms with Crippen molar-refractivity contribution >= 4 is 60.3 Å². The first-order valence-electron chi connectivity index (χ1n) is 22.3. The number of carboxylic acid groups (broad SMARTS) is 1. The van der Waals surface area contributed by atoms with Crippen molar-refractivity contribution in [1.82, 2.24) is 0 Å². The molecule has 0 saturated carbocycles. The maximum atomic E-state index is 14.2. The van der Waals surface area contributed by atoms with Crippen molar-refractivity contribution in [1.29, 1.82) is 0 Å². The Kier molecular flexibility index (Phi) is 27.2. The molecule has 0 atom stereocenters. The first-order chi connectivity index (χ1) is 31.1. The summed E-state index contributed by atoms with van der Waals surface area (Å²) in [6.45, 7) is 5.74. The van der Waals surface area contributed by atoms with Gasteiger partial charge in [0, 0.05) is 0 Å². The summed E-state index contributed by atoms with van der Waals surface area (Å²) in [5.41, 5.74) is 6.15. The summed E-state index contributed by atoms with van der Waals surface area (Å²) >= 11 is 0. The van der Waals surface area contributed by atoms with Crippen molar-refractivity contribution < 1.29 is 105 Å². The average molecular weight is 978 g/mol. The van der Waals surface area contributed by atoms with Gasteiger partial charge in [-0.1, -0.05) is 139 Å². The first-order valence-corrected chi connectivity index (χ1v) is 25.2. The zero-order valence-corrected chi connectivity index (χ0v) is 45.1. The van der Waals surface area contributed by atoms with E-state index in [1.54, 1.807) is 50.2 Å². The van der Waals surface area contributed by atoms with Gasteiger partial charge in [-0.25, -0.2) is 13.2 Å². The largest absolute Gasteiger partial charge is 1.00 e. The second kappa shape index (κ2) is 30.7. The molecule has 0 heterocycles. The molecule has 0 aliphatic rings. The Morgan fingerprint density at radius 3 is 1.87 bits per heavy atom. The van der Waals surface area contributed by atoms with E-state index in [1.807, 2.05) is 0 Å². The van der Waals surface area contributed by atoms with Crippen LogP contribution in [0.4, 0.5) is 17.1 Å². The number of hydrazone groups is 2. The fourth-order valence-electron chi connectivity index (χ4n) is 7.00. The molecule has 0 bridgehead atoms. The summed E-state index contributed by atoms with van der Waals surface area (Å²) < 4.78 is 68.0. The minimum Gasteiger partial charge on any atom is -0.872 e. The van der Waals surface area contributed by atoms with Gasteiger partial charge in [-0.05, 0) is 86.7 Å². The van der Waals surface area contributed by atoms with E-state index in [2.05, 4.69) is 33.0 Å². The van der Waals surface area contributed by atoms with Crippen LogP contribution in [0.25, 0.3) is 0 Å². The van der Waals surface area contributed by atoms with Crippen LogP contribution in [0.2, 0.25) is 0 Å². The molecule has 4 aromatic carbocycles. The number of ether oxygens (including phenoxy) is 1. The zero-order valence-electron chi connectivity index (χ0n) is 39.4. The third-order valence-electron chi connectivity index (χ3n) is 10.6. The molecular weight excluding hydrogens is 917 g/mol. The second-order valence-corrected chi connectivity index (χ2v) is 19.0. The summed E-state index contributed by atoms with van der Waals surface area (Å²) in [5.74, 6) is -3.13. The molecular formula is C48H61N5Na2O10S2.